The maximum Gasteiger partial charge on any atom is 0.389 e. The van der Waals surface area contributed by atoms with Crippen LogP contribution in [0.3, 0.4) is 0 Å². The fraction of sp³-hybridized carbons (Fsp3) is 0.833. The van der Waals surface area contributed by atoms with E-state index in [1.54, 1.807) is 0 Å². The largest absolute Gasteiger partial charge is 0.402 e. The van der Waals surface area contributed by atoms with E-state index in [1.165, 1.54) is 0 Å². The van der Waals surface area contributed by atoms with E-state index in [4.69, 9.17) is 0 Å². The summed E-state index contributed by atoms with van der Waals surface area (Å²) in [6.45, 7) is -2.30. The summed E-state index contributed by atoms with van der Waals surface area (Å²) in [5, 5.41) is 2.75. The van der Waals surface area contributed by atoms with Crippen molar-refractivity contribution in [2.75, 3.05) is 6.54 Å². The lowest BCUT2D eigenvalue weighted by atomic mass is 10.2. The molecule has 1 aliphatic heterocycles. The zero-order valence-corrected chi connectivity index (χ0v) is 5.85. The quantitative estimate of drug-likeness (QED) is 0.605. The molecule has 1 atom stereocenters. The van der Waals surface area contributed by atoms with Crippen LogP contribution in [0.15, 0.2) is 0 Å². The molecule has 11 heavy (non-hydrogen) atoms. The van der Waals surface area contributed by atoms with Crippen LogP contribution in [-0.2, 0) is 9.53 Å². The number of carbonyl (C=O) groups excluding carboxylic acids is 1. The van der Waals surface area contributed by atoms with E-state index in [1.807, 2.05) is 0 Å². The van der Waals surface area contributed by atoms with Crippen LogP contribution in [0, 0.1) is 0 Å². The third-order valence-corrected chi connectivity index (χ3v) is 1.55. The number of halogens is 2. The van der Waals surface area contributed by atoms with Gasteiger partial charge in [-0.1, -0.05) is 0 Å². The first-order chi connectivity index (χ1) is 5.20. The second kappa shape index (κ2) is 3.61. The molecule has 0 aliphatic carbocycles. The Labute approximate surface area is 62.7 Å². The predicted molar refractivity (Wildman–Crippen MR) is 33.1 cm³/mol. The highest BCUT2D eigenvalue weighted by molar-refractivity contribution is 5.76. The Balaban J connectivity index is 2.28. The van der Waals surface area contributed by atoms with Crippen LogP contribution < -0.4 is 5.32 Å². The molecule has 1 saturated heterocycles. The number of alkyl halides is 2. The van der Waals surface area contributed by atoms with Gasteiger partial charge in [-0.05, 0) is 19.4 Å². The van der Waals surface area contributed by atoms with Crippen LogP contribution in [0.2, 0.25) is 0 Å². The van der Waals surface area contributed by atoms with Crippen molar-refractivity contribution in [1.82, 2.24) is 5.32 Å². The van der Waals surface area contributed by atoms with E-state index in [9.17, 15) is 13.6 Å². The minimum atomic E-state index is -3.00. The lowest BCUT2D eigenvalue weighted by Gasteiger charge is -2.08. The fourth-order valence-electron chi connectivity index (χ4n) is 1.06. The van der Waals surface area contributed by atoms with Crippen LogP contribution in [-0.4, -0.2) is 25.2 Å². The maximum atomic E-state index is 11.5. The first kappa shape index (κ1) is 8.39. The van der Waals surface area contributed by atoms with Crippen LogP contribution in [0.1, 0.15) is 12.8 Å². The van der Waals surface area contributed by atoms with Gasteiger partial charge in [-0.15, -0.1) is 0 Å². The molecule has 1 fully saturated rings. The fourth-order valence-corrected chi connectivity index (χ4v) is 1.06. The van der Waals surface area contributed by atoms with Crippen LogP contribution in [0.4, 0.5) is 8.78 Å². The average Bonchev–Trinajstić information content (AvgIpc) is 2.35. The molecule has 1 heterocycles. The van der Waals surface area contributed by atoms with Crippen molar-refractivity contribution >= 4 is 5.97 Å². The number of carbonyl (C=O) groups is 1. The molecule has 64 valence electrons. The molecule has 1 rings (SSSR count). The third-order valence-electron chi connectivity index (χ3n) is 1.55. The van der Waals surface area contributed by atoms with Gasteiger partial charge in [-0.2, -0.15) is 8.78 Å². The number of nitrogens with one attached hydrogen (secondary N) is 1. The molecule has 0 saturated carbocycles. The van der Waals surface area contributed by atoms with Gasteiger partial charge in [0.15, 0.2) is 0 Å². The Bertz CT molecular complexity index is 146. The molecule has 0 aromatic rings. The number of hydrogen-bond acceptors (Lipinski definition) is 3. The zero-order valence-electron chi connectivity index (χ0n) is 5.85. The standard InChI is InChI=1S/C6H9F2NO2/c7-6(8)11-5(10)4-2-1-3-9-4/h4,6,9H,1-3H2. The molecule has 0 radical (unpaired) electrons. The molecule has 0 aromatic heterocycles. The van der Waals surface area contributed by atoms with Gasteiger partial charge in [0.25, 0.3) is 0 Å². The summed E-state index contributed by atoms with van der Waals surface area (Å²) >= 11 is 0. The van der Waals surface area contributed by atoms with Gasteiger partial charge >= 0.3 is 12.6 Å². The van der Waals surface area contributed by atoms with E-state index >= 15 is 0 Å². The minimum absolute atomic E-state index is 0.524. The molecule has 0 bridgehead atoms. The van der Waals surface area contributed by atoms with Gasteiger partial charge in [-0.3, -0.25) is 4.79 Å². The Hall–Kier alpha value is -0.710. The summed E-state index contributed by atoms with van der Waals surface area (Å²) in [7, 11) is 0. The van der Waals surface area contributed by atoms with Crippen molar-refractivity contribution in [2.24, 2.45) is 0 Å². The Morgan fingerprint density at radius 2 is 2.36 bits per heavy atom. The SMILES string of the molecule is O=C(OC(F)F)C1CCCN1. The van der Waals surface area contributed by atoms with E-state index < -0.39 is 18.6 Å². The molecular weight excluding hydrogens is 156 g/mol. The van der Waals surface area contributed by atoms with Gasteiger partial charge in [0.2, 0.25) is 0 Å². The van der Waals surface area contributed by atoms with E-state index in [-0.39, 0.29) is 0 Å². The first-order valence-corrected chi connectivity index (χ1v) is 3.42. The highest BCUT2D eigenvalue weighted by atomic mass is 19.3. The molecule has 0 spiro atoms. The predicted octanol–water partition coefficient (Wildman–Crippen LogP) is 0.504. The molecular formula is C6H9F2NO2. The number of rotatable bonds is 2. The maximum absolute atomic E-state index is 11.5. The lowest BCUT2D eigenvalue weighted by molar-refractivity contribution is -0.178. The van der Waals surface area contributed by atoms with Crippen molar-refractivity contribution < 1.29 is 18.3 Å². The molecule has 1 unspecified atom stereocenters. The van der Waals surface area contributed by atoms with E-state index in [2.05, 4.69) is 10.1 Å². The second-order valence-electron chi connectivity index (χ2n) is 2.35. The Morgan fingerprint density at radius 1 is 1.64 bits per heavy atom. The van der Waals surface area contributed by atoms with Gasteiger partial charge in [0.05, 0.1) is 0 Å². The van der Waals surface area contributed by atoms with Crippen LogP contribution in [0.5, 0.6) is 0 Å². The summed E-state index contributed by atoms with van der Waals surface area (Å²) in [4.78, 5) is 10.7. The highest BCUT2D eigenvalue weighted by Gasteiger charge is 2.25. The number of esters is 1. The third kappa shape index (κ3) is 2.42. The highest BCUT2D eigenvalue weighted by Crippen LogP contribution is 2.08. The number of ether oxygens (including phenoxy) is 1. The lowest BCUT2D eigenvalue weighted by Crippen LogP contribution is -2.33. The number of hydrogen-bond donors (Lipinski definition) is 1. The van der Waals surface area contributed by atoms with Crippen LogP contribution >= 0.6 is 0 Å². The summed E-state index contributed by atoms with van der Waals surface area (Å²) in [5.74, 6) is -0.850. The molecule has 0 aromatic carbocycles. The van der Waals surface area contributed by atoms with Gasteiger partial charge in [0.1, 0.15) is 6.04 Å². The molecule has 1 N–H and O–H groups in total. The second-order valence-corrected chi connectivity index (χ2v) is 2.35. The smallest absolute Gasteiger partial charge is 0.389 e. The first-order valence-electron chi connectivity index (χ1n) is 3.42. The topological polar surface area (TPSA) is 38.3 Å². The monoisotopic (exact) mass is 165 g/mol. The summed E-state index contributed by atoms with van der Waals surface area (Å²) in [6, 6.07) is -0.524. The normalized spacial score (nSPS) is 24.1. The average molecular weight is 165 g/mol. The van der Waals surface area contributed by atoms with E-state index in [0.29, 0.717) is 13.0 Å². The van der Waals surface area contributed by atoms with Gasteiger partial charge in [-0.25, -0.2) is 0 Å². The van der Waals surface area contributed by atoms with Gasteiger partial charge in [0, 0.05) is 0 Å². The van der Waals surface area contributed by atoms with Crippen molar-refractivity contribution in [3.8, 4) is 0 Å². The molecule has 1 aliphatic rings. The van der Waals surface area contributed by atoms with Crippen molar-refractivity contribution in [2.45, 2.75) is 25.5 Å². The van der Waals surface area contributed by atoms with E-state index in [0.717, 1.165) is 6.42 Å². The van der Waals surface area contributed by atoms with Crippen LogP contribution in [0.25, 0.3) is 0 Å². The zero-order chi connectivity index (χ0) is 8.27. The van der Waals surface area contributed by atoms with Gasteiger partial charge < -0.3 is 10.1 Å². The van der Waals surface area contributed by atoms with Crippen molar-refractivity contribution in [1.29, 1.82) is 0 Å². The summed E-state index contributed by atoms with van der Waals surface area (Å²) in [5.41, 5.74) is 0. The molecule has 0 amide bonds. The molecule has 3 nitrogen and oxygen atoms in total. The summed E-state index contributed by atoms with van der Waals surface area (Å²) < 4.78 is 26.6. The van der Waals surface area contributed by atoms with Crippen molar-refractivity contribution in [3.63, 3.8) is 0 Å². The minimum Gasteiger partial charge on any atom is -0.402 e. The Kier molecular flexibility index (Phi) is 2.76. The summed E-state index contributed by atoms with van der Waals surface area (Å²) in [6.07, 6.45) is 1.43. The van der Waals surface area contributed by atoms with Crippen molar-refractivity contribution in [3.05, 3.63) is 0 Å². The molecule has 5 heteroatoms. The Morgan fingerprint density at radius 3 is 2.82 bits per heavy atom.